The lowest BCUT2D eigenvalue weighted by atomic mass is 9.70. The van der Waals surface area contributed by atoms with Crippen molar-refractivity contribution in [2.75, 3.05) is 32.8 Å². The summed E-state index contributed by atoms with van der Waals surface area (Å²) in [6.45, 7) is 9.11. The van der Waals surface area contributed by atoms with Crippen LogP contribution in [0.3, 0.4) is 0 Å². The van der Waals surface area contributed by atoms with Crippen LogP contribution in [-0.2, 0) is 23.9 Å². The number of aliphatic hydroxyl groups excluding tert-OH is 1. The predicted molar refractivity (Wildman–Crippen MR) is 122 cm³/mol. The zero-order valence-electron chi connectivity index (χ0n) is 19.0. The fraction of sp³-hybridized carbons (Fsp3) is 0.783. The molecule has 0 aromatic heterocycles. The summed E-state index contributed by atoms with van der Waals surface area (Å²) < 4.78 is 11.7. The minimum Gasteiger partial charge on any atom is -0.466 e. The molecule has 3 rings (SSSR count). The number of likely N-dealkylation sites (tertiary alicyclic amines) is 1. The number of halogens is 1. The predicted octanol–water partition coefficient (Wildman–Crippen LogP) is 1.88. The van der Waals surface area contributed by atoms with Gasteiger partial charge in [-0.2, -0.15) is 0 Å². The Labute approximate surface area is 198 Å². The van der Waals surface area contributed by atoms with Gasteiger partial charge in [0.2, 0.25) is 11.8 Å². The lowest BCUT2D eigenvalue weighted by molar-refractivity contribution is -0.154. The zero-order chi connectivity index (χ0) is 23.5. The molecule has 1 unspecified atom stereocenters. The maximum atomic E-state index is 13.9. The summed E-state index contributed by atoms with van der Waals surface area (Å²) in [4.78, 5) is 43.6. The maximum absolute atomic E-state index is 13.9. The number of ether oxygens (including phenoxy) is 2. The monoisotopic (exact) mass is 514 g/mol. The highest BCUT2D eigenvalue weighted by molar-refractivity contribution is 9.09. The molecule has 0 saturated carbocycles. The van der Waals surface area contributed by atoms with Crippen LogP contribution in [0.15, 0.2) is 12.7 Å². The number of carbonyl (C=O) groups excluding carboxylic acids is 3. The fourth-order valence-electron chi connectivity index (χ4n) is 5.52. The van der Waals surface area contributed by atoms with Crippen molar-refractivity contribution >= 4 is 33.7 Å². The lowest BCUT2D eigenvalue weighted by Gasteiger charge is -2.37. The van der Waals surface area contributed by atoms with Gasteiger partial charge in [0.1, 0.15) is 11.6 Å². The van der Waals surface area contributed by atoms with Gasteiger partial charge in [-0.25, -0.2) is 0 Å². The number of aliphatic hydroxyl groups is 1. The van der Waals surface area contributed by atoms with Crippen molar-refractivity contribution < 1.29 is 29.0 Å². The van der Waals surface area contributed by atoms with E-state index >= 15 is 0 Å². The van der Waals surface area contributed by atoms with Crippen molar-refractivity contribution in [1.29, 1.82) is 0 Å². The molecule has 0 radical (unpaired) electrons. The smallest absolute Gasteiger partial charge is 0.312 e. The topological polar surface area (TPSA) is 96.4 Å². The van der Waals surface area contributed by atoms with Crippen molar-refractivity contribution in [1.82, 2.24) is 9.80 Å². The first-order valence-corrected chi connectivity index (χ1v) is 12.6. The highest BCUT2D eigenvalue weighted by Gasteiger charge is 2.76. The van der Waals surface area contributed by atoms with Crippen LogP contribution in [0.5, 0.6) is 0 Å². The first kappa shape index (κ1) is 25.2. The van der Waals surface area contributed by atoms with Gasteiger partial charge in [0.05, 0.1) is 24.5 Å². The van der Waals surface area contributed by atoms with E-state index in [1.54, 1.807) is 22.8 Å². The number of hydrogen-bond acceptors (Lipinski definition) is 6. The molecule has 3 saturated heterocycles. The SMILES string of the molecule is C=CCN(CCCC)C(=O)[C@H]1N(CCCCO)C(=O)[C@@H]2[C@@H](C(=O)OCC)[C@@H]3O[C@@]21CC3Br. The van der Waals surface area contributed by atoms with Crippen LogP contribution in [0.25, 0.3) is 0 Å². The van der Waals surface area contributed by atoms with Crippen molar-refractivity contribution in [3.8, 4) is 0 Å². The molecule has 1 spiro atoms. The quantitative estimate of drug-likeness (QED) is 0.185. The Hall–Kier alpha value is -1.45. The molecule has 3 aliphatic rings. The Bertz CT molecular complexity index is 733. The molecular weight excluding hydrogens is 480 g/mol. The Morgan fingerprint density at radius 1 is 1.38 bits per heavy atom. The summed E-state index contributed by atoms with van der Waals surface area (Å²) in [5, 5.41) is 9.23. The number of hydrogen-bond donors (Lipinski definition) is 1. The summed E-state index contributed by atoms with van der Waals surface area (Å²) >= 11 is 3.64. The third-order valence-corrected chi connectivity index (χ3v) is 7.68. The second-order valence-corrected chi connectivity index (χ2v) is 9.98. The third-order valence-electron chi connectivity index (χ3n) is 6.83. The number of alkyl halides is 1. The second-order valence-electron chi connectivity index (χ2n) is 8.80. The molecular formula is C23H35BrN2O6. The maximum Gasteiger partial charge on any atom is 0.312 e. The van der Waals surface area contributed by atoms with Crippen LogP contribution in [0.4, 0.5) is 0 Å². The van der Waals surface area contributed by atoms with Crippen LogP contribution in [0, 0.1) is 11.8 Å². The Morgan fingerprint density at radius 2 is 2.12 bits per heavy atom. The normalized spacial score (nSPS) is 32.8. The summed E-state index contributed by atoms with van der Waals surface area (Å²) in [5.74, 6) is -2.31. The van der Waals surface area contributed by atoms with E-state index in [1.165, 1.54) is 0 Å². The van der Waals surface area contributed by atoms with Crippen LogP contribution in [0.2, 0.25) is 0 Å². The van der Waals surface area contributed by atoms with Crippen molar-refractivity contribution in [2.45, 2.75) is 68.5 Å². The van der Waals surface area contributed by atoms with Gasteiger partial charge in [0.15, 0.2) is 0 Å². The average molecular weight is 515 g/mol. The summed E-state index contributed by atoms with van der Waals surface area (Å²) in [6, 6.07) is -0.806. The Kier molecular flexibility index (Phi) is 8.38. The van der Waals surface area contributed by atoms with Crippen LogP contribution < -0.4 is 0 Å². The molecule has 2 bridgehead atoms. The van der Waals surface area contributed by atoms with E-state index in [-0.39, 0.29) is 29.9 Å². The number of unbranched alkanes of at least 4 members (excludes halogenated alkanes) is 2. The van der Waals surface area contributed by atoms with Crippen molar-refractivity contribution in [2.24, 2.45) is 11.8 Å². The number of fused-ring (bicyclic) bond motifs is 1. The first-order valence-electron chi connectivity index (χ1n) is 11.7. The molecule has 0 aromatic rings. The standard InChI is InChI=1S/C23H35BrN2O6/c1-4-7-11-25(10-5-2)21(29)19-23-14-15(24)18(32-23)16(22(30)31-6-3)17(23)20(28)26(19)12-8-9-13-27/h5,15-19,27H,2,4,6-14H2,1,3H3/t15?,16-,17+,18-,19-,23+/m1/s1. The van der Waals surface area contributed by atoms with Gasteiger partial charge >= 0.3 is 5.97 Å². The van der Waals surface area contributed by atoms with E-state index in [0.29, 0.717) is 38.9 Å². The Morgan fingerprint density at radius 3 is 2.75 bits per heavy atom. The summed E-state index contributed by atoms with van der Waals surface area (Å²) in [5.41, 5.74) is -1.06. The number of rotatable bonds is 12. The van der Waals surface area contributed by atoms with E-state index in [0.717, 1.165) is 12.8 Å². The van der Waals surface area contributed by atoms with Gasteiger partial charge in [0.25, 0.3) is 0 Å². The fourth-order valence-corrected chi connectivity index (χ4v) is 6.46. The largest absolute Gasteiger partial charge is 0.466 e. The number of esters is 1. The number of nitrogens with zero attached hydrogens (tertiary/aromatic N) is 2. The molecule has 0 aliphatic carbocycles. The molecule has 8 nitrogen and oxygen atoms in total. The van der Waals surface area contributed by atoms with Crippen LogP contribution in [-0.4, -0.2) is 88.1 Å². The molecule has 3 fully saturated rings. The number of carbonyl (C=O) groups is 3. The first-order chi connectivity index (χ1) is 15.4. The van der Waals surface area contributed by atoms with Gasteiger partial charge in [-0.15, -0.1) is 6.58 Å². The third kappa shape index (κ3) is 4.23. The van der Waals surface area contributed by atoms with Crippen LogP contribution >= 0.6 is 15.9 Å². The van der Waals surface area contributed by atoms with Gasteiger partial charge < -0.3 is 24.4 Å². The molecule has 0 aromatic carbocycles. The molecule has 9 heteroatoms. The molecule has 1 N–H and O–H groups in total. The molecule has 6 atom stereocenters. The molecule has 180 valence electrons. The Balaban J connectivity index is 2.00. The minimum absolute atomic E-state index is 0.0157. The summed E-state index contributed by atoms with van der Waals surface area (Å²) in [6.07, 6.45) is 4.55. The van der Waals surface area contributed by atoms with Crippen LogP contribution in [0.1, 0.15) is 46.0 Å². The van der Waals surface area contributed by atoms with Gasteiger partial charge in [-0.05, 0) is 32.6 Å². The van der Waals surface area contributed by atoms with Gasteiger partial charge in [-0.3, -0.25) is 14.4 Å². The zero-order valence-corrected chi connectivity index (χ0v) is 20.6. The van der Waals surface area contributed by atoms with E-state index in [9.17, 15) is 19.5 Å². The van der Waals surface area contributed by atoms with Crippen molar-refractivity contribution in [3.63, 3.8) is 0 Å². The van der Waals surface area contributed by atoms with Gasteiger partial charge in [0, 0.05) is 31.1 Å². The molecule has 3 aliphatic heterocycles. The van der Waals surface area contributed by atoms with Gasteiger partial charge in [-0.1, -0.05) is 35.4 Å². The molecule has 3 heterocycles. The van der Waals surface area contributed by atoms with E-state index in [4.69, 9.17) is 9.47 Å². The average Bonchev–Trinajstić information content (AvgIpc) is 3.35. The van der Waals surface area contributed by atoms with E-state index < -0.39 is 35.6 Å². The highest BCUT2D eigenvalue weighted by atomic mass is 79.9. The second kappa shape index (κ2) is 10.7. The lowest BCUT2D eigenvalue weighted by Crippen LogP contribution is -2.57. The van der Waals surface area contributed by atoms with Crippen molar-refractivity contribution in [3.05, 3.63) is 12.7 Å². The van der Waals surface area contributed by atoms with E-state index in [1.807, 2.05) is 0 Å². The van der Waals surface area contributed by atoms with E-state index in [2.05, 4.69) is 29.4 Å². The highest BCUT2D eigenvalue weighted by Crippen LogP contribution is 2.60. The summed E-state index contributed by atoms with van der Waals surface area (Å²) in [7, 11) is 0. The minimum atomic E-state index is -1.06. The molecule has 2 amide bonds. The molecule has 32 heavy (non-hydrogen) atoms. The number of amides is 2.